The zero-order valence-electron chi connectivity index (χ0n) is 15.1. The number of nitrogens with one attached hydrogen (secondary N) is 1. The van der Waals surface area contributed by atoms with Crippen LogP contribution in [0.3, 0.4) is 0 Å². The van der Waals surface area contributed by atoms with Gasteiger partial charge in [0.1, 0.15) is 5.75 Å². The van der Waals surface area contributed by atoms with Crippen LogP contribution >= 0.6 is 11.8 Å². The second kappa shape index (κ2) is 9.10. The molecule has 0 aliphatic carbocycles. The molecular weight excluding hydrogens is 346 g/mol. The van der Waals surface area contributed by atoms with Crippen molar-refractivity contribution in [3.05, 3.63) is 60.2 Å². The molecule has 0 radical (unpaired) electrons. The summed E-state index contributed by atoms with van der Waals surface area (Å²) < 4.78 is 10.7. The molecule has 0 unspecified atom stereocenters. The van der Waals surface area contributed by atoms with E-state index in [0.29, 0.717) is 13.0 Å². The van der Waals surface area contributed by atoms with Crippen LogP contribution in [0.5, 0.6) is 5.75 Å². The van der Waals surface area contributed by atoms with E-state index in [9.17, 15) is 4.79 Å². The van der Waals surface area contributed by atoms with E-state index in [0.717, 1.165) is 37.4 Å². The van der Waals surface area contributed by atoms with Crippen molar-refractivity contribution in [2.45, 2.75) is 28.9 Å². The van der Waals surface area contributed by atoms with Gasteiger partial charge >= 0.3 is 0 Å². The van der Waals surface area contributed by atoms with Gasteiger partial charge in [0.25, 0.3) is 0 Å². The summed E-state index contributed by atoms with van der Waals surface area (Å²) in [4.78, 5) is 13.7. The van der Waals surface area contributed by atoms with E-state index in [1.807, 2.05) is 42.1 Å². The third kappa shape index (κ3) is 5.26. The highest BCUT2D eigenvalue weighted by molar-refractivity contribution is 8.00. The minimum Gasteiger partial charge on any atom is -0.497 e. The molecule has 1 saturated heterocycles. The predicted octanol–water partition coefficient (Wildman–Crippen LogP) is 3.70. The van der Waals surface area contributed by atoms with E-state index in [2.05, 4.69) is 29.6 Å². The second-order valence-electron chi connectivity index (χ2n) is 6.51. The molecule has 5 heteroatoms. The zero-order chi connectivity index (χ0) is 18.2. The van der Waals surface area contributed by atoms with Gasteiger partial charge in [-0.15, -0.1) is 11.8 Å². The molecule has 138 valence electrons. The highest BCUT2D eigenvalue weighted by Crippen LogP contribution is 2.40. The SMILES string of the molecule is COc1ccc(CC(=O)NCC2(Sc3ccccc3)CCOCC2)cc1. The number of hydrogen-bond donors (Lipinski definition) is 1. The number of amides is 1. The van der Waals surface area contributed by atoms with E-state index < -0.39 is 0 Å². The van der Waals surface area contributed by atoms with Gasteiger partial charge in [-0.05, 0) is 42.7 Å². The van der Waals surface area contributed by atoms with Crippen LogP contribution < -0.4 is 10.1 Å². The maximum Gasteiger partial charge on any atom is 0.224 e. The summed E-state index contributed by atoms with van der Waals surface area (Å²) in [5, 5.41) is 3.14. The Morgan fingerprint density at radius 2 is 1.81 bits per heavy atom. The minimum absolute atomic E-state index is 0.00479. The predicted molar refractivity (Wildman–Crippen MR) is 105 cm³/mol. The Morgan fingerprint density at radius 3 is 2.46 bits per heavy atom. The first-order valence-corrected chi connectivity index (χ1v) is 9.72. The first-order chi connectivity index (χ1) is 12.7. The van der Waals surface area contributed by atoms with Crippen LogP contribution in [0.25, 0.3) is 0 Å². The molecule has 1 aliphatic heterocycles. The van der Waals surface area contributed by atoms with E-state index in [1.165, 1.54) is 4.90 Å². The molecule has 1 fully saturated rings. The van der Waals surface area contributed by atoms with Crippen molar-refractivity contribution in [2.75, 3.05) is 26.9 Å². The van der Waals surface area contributed by atoms with Crippen LogP contribution in [0, 0.1) is 0 Å². The molecule has 1 amide bonds. The van der Waals surface area contributed by atoms with E-state index in [4.69, 9.17) is 9.47 Å². The van der Waals surface area contributed by atoms with Crippen molar-refractivity contribution < 1.29 is 14.3 Å². The van der Waals surface area contributed by atoms with Crippen molar-refractivity contribution in [1.82, 2.24) is 5.32 Å². The topological polar surface area (TPSA) is 47.6 Å². The molecule has 0 spiro atoms. The maximum atomic E-state index is 12.4. The summed E-state index contributed by atoms with van der Waals surface area (Å²) in [6.07, 6.45) is 2.26. The monoisotopic (exact) mass is 371 g/mol. The van der Waals surface area contributed by atoms with Crippen LogP contribution in [-0.2, 0) is 16.0 Å². The Balaban J connectivity index is 1.59. The maximum absolute atomic E-state index is 12.4. The molecule has 2 aromatic rings. The van der Waals surface area contributed by atoms with Crippen molar-refractivity contribution in [3.8, 4) is 5.75 Å². The number of benzene rings is 2. The average Bonchev–Trinajstić information content (AvgIpc) is 2.69. The van der Waals surface area contributed by atoms with E-state index in [1.54, 1.807) is 7.11 Å². The number of ether oxygens (including phenoxy) is 2. The van der Waals surface area contributed by atoms with Crippen LogP contribution in [0.15, 0.2) is 59.5 Å². The Kier molecular flexibility index (Phi) is 6.58. The van der Waals surface area contributed by atoms with Crippen molar-refractivity contribution in [1.29, 1.82) is 0 Å². The third-order valence-electron chi connectivity index (χ3n) is 4.61. The summed E-state index contributed by atoms with van der Waals surface area (Å²) in [6.45, 7) is 2.15. The summed E-state index contributed by atoms with van der Waals surface area (Å²) >= 11 is 1.85. The third-order valence-corrected chi connectivity index (χ3v) is 6.11. The van der Waals surface area contributed by atoms with Crippen LogP contribution in [-0.4, -0.2) is 37.5 Å². The number of rotatable bonds is 7. The summed E-state index contributed by atoms with van der Waals surface area (Å²) in [5.74, 6) is 0.851. The number of carbonyl (C=O) groups excluding carboxylic acids is 1. The first-order valence-electron chi connectivity index (χ1n) is 8.91. The van der Waals surface area contributed by atoms with Gasteiger partial charge < -0.3 is 14.8 Å². The van der Waals surface area contributed by atoms with Gasteiger partial charge in [0, 0.05) is 29.4 Å². The Labute approximate surface area is 159 Å². The van der Waals surface area contributed by atoms with Crippen LogP contribution in [0.4, 0.5) is 0 Å². The molecule has 0 aromatic heterocycles. The minimum atomic E-state index is -0.00479. The Bertz CT molecular complexity index is 697. The highest BCUT2D eigenvalue weighted by atomic mass is 32.2. The quantitative estimate of drug-likeness (QED) is 0.806. The molecule has 0 bridgehead atoms. The number of thioether (sulfide) groups is 1. The van der Waals surface area contributed by atoms with Crippen LogP contribution in [0.1, 0.15) is 18.4 Å². The first kappa shape index (κ1) is 18.8. The van der Waals surface area contributed by atoms with Gasteiger partial charge in [-0.1, -0.05) is 30.3 Å². The lowest BCUT2D eigenvalue weighted by Gasteiger charge is -2.36. The van der Waals surface area contributed by atoms with Gasteiger partial charge in [-0.25, -0.2) is 0 Å². The lowest BCUT2D eigenvalue weighted by Crippen LogP contribution is -2.44. The fourth-order valence-electron chi connectivity index (χ4n) is 3.05. The van der Waals surface area contributed by atoms with E-state index >= 15 is 0 Å². The van der Waals surface area contributed by atoms with E-state index in [-0.39, 0.29) is 10.7 Å². The fourth-order valence-corrected chi connectivity index (χ4v) is 4.36. The molecule has 26 heavy (non-hydrogen) atoms. The molecular formula is C21H25NO3S. The molecule has 3 rings (SSSR count). The largest absolute Gasteiger partial charge is 0.497 e. The van der Waals surface area contributed by atoms with Gasteiger partial charge in [0.15, 0.2) is 0 Å². The molecule has 1 aliphatic rings. The number of methoxy groups -OCH3 is 1. The van der Waals surface area contributed by atoms with Gasteiger partial charge in [-0.2, -0.15) is 0 Å². The Hall–Kier alpha value is -1.98. The van der Waals surface area contributed by atoms with Gasteiger partial charge in [0.05, 0.1) is 13.5 Å². The summed E-state index contributed by atoms with van der Waals surface area (Å²) in [7, 11) is 1.64. The molecule has 2 aromatic carbocycles. The van der Waals surface area contributed by atoms with Crippen molar-refractivity contribution >= 4 is 17.7 Å². The Morgan fingerprint density at radius 1 is 1.12 bits per heavy atom. The fraction of sp³-hybridized carbons (Fsp3) is 0.381. The number of hydrogen-bond acceptors (Lipinski definition) is 4. The van der Waals surface area contributed by atoms with Gasteiger partial charge in [-0.3, -0.25) is 4.79 Å². The molecule has 4 nitrogen and oxygen atoms in total. The van der Waals surface area contributed by atoms with Crippen molar-refractivity contribution in [2.24, 2.45) is 0 Å². The molecule has 1 heterocycles. The lowest BCUT2D eigenvalue weighted by atomic mass is 9.99. The summed E-state index contributed by atoms with van der Waals surface area (Å²) in [6, 6.07) is 18.0. The van der Waals surface area contributed by atoms with Gasteiger partial charge in [0.2, 0.25) is 5.91 Å². The zero-order valence-corrected chi connectivity index (χ0v) is 15.9. The number of carbonyl (C=O) groups is 1. The standard InChI is InChI=1S/C21H25NO3S/c1-24-18-9-7-17(8-10-18)15-20(23)22-16-21(11-13-25-14-12-21)26-19-5-3-2-4-6-19/h2-10H,11-16H2,1H3,(H,22,23). The molecule has 1 N–H and O–H groups in total. The lowest BCUT2D eigenvalue weighted by molar-refractivity contribution is -0.120. The molecule has 0 atom stereocenters. The highest BCUT2D eigenvalue weighted by Gasteiger charge is 2.34. The van der Waals surface area contributed by atoms with Crippen molar-refractivity contribution in [3.63, 3.8) is 0 Å². The average molecular weight is 372 g/mol. The summed E-state index contributed by atoms with van der Waals surface area (Å²) in [5.41, 5.74) is 0.986. The molecule has 0 saturated carbocycles. The smallest absolute Gasteiger partial charge is 0.224 e. The second-order valence-corrected chi connectivity index (χ2v) is 8.05. The normalized spacial score (nSPS) is 16.0. The van der Waals surface area contributed by atoms with Crippen LogP contribution in [0.2, 0.25) is 0 Å².